The van der Waals surface area contributed by atoms with Crippen LogP contribution in [-0.2, 0) is 9.59 Å². The van der Waals surface area contributed by atoms with Gasteiger partial charge >= 0.3 is 0 Å². The zero-order valence-corrected chi connectivity index (χ0v) is 12.5. The van der Waals surface area contributed by atoms with Gasteiger partial charge in [-0.2, -0.15) is 0 Å². The van der Waals surface area contributed by atoms with Crippen LogP contribution in [-0.4, -0.2) is 24.4 Å². The number of nitrogens with two attached hydrogens (primary N) is 1. The molecule has 19 heavy (non-hydrogen) atoms. The van der Waals surface area contributed by atoms with Crippen molar-refractivity contribution in [2.45, 2.75) is 19.9 Å². The Hall–Kier alpha value is -1.40. The molecule has 0 aliphatic heterocycles. The van der Waals surface area contributed by atoms with Crippen LogP contribution >= 0.6 is 15.9 Å². The molecule has 0 aliphatic rings. The van der Waals surface area contributed by atoms with E-state index in [2.05, 4.69) is 26.6 Å². The van der Waals surface area contributed by atoms with E-state index in [0.717, 1.165) is 4.47 Å². The highest BCUT2D eigenvalue weighted by Gasteiger charge is 2.19. The minimum absolute atomic E-state index is 0.0348. The van der Waals surface area contributed by atoms with Crippen LogP contribution in [0.2, 0.25) is 0 Å². The number of benzene rings is 1. The lowest BCUT2D eigenvalue weighted by molar-refractivity contribution is -0.121. The number of hydrogen-bond acceptors (Lipinski definition) is 3. The average Bonchev–Trinajstić information content (AvgIpc) is 2.31. The third-order valence-electron chi connectivity index (χ3n) is 2.60. The van der Waals surface area contributed by atoms with Gasteiger partial charge in [-0.1, -0.05) is 26.0 Å². The third-order valence-corrected chi connectivity index (χ3v) is 3.30. The van der Waals surface area contributed by atoms with Gasteiger partial charge in [0.1, 0.15) is 0 Å². The van der Waals surface area contributed by atoms with Gasteiger partial charge in [0.15, 0.2) is 0 Å². The van der Waals surface area contributed by atoms with Crippen molar-refractivity contribution in [1.29, 1.82) is 0 Å². The third kappa shape index (κ3) is 5.00. The van der Waals surface area contributed by atoms with E-state index in [4.69, 9.17) is 5.73 Å². The van der Waals surface area contributed by atoms with Crippen molar-refractivity contribution in [1.82, 2.24) is 5.32 Å². The largest absolute Gasteiger partial charge is 0.368 e. The van der Waals surface area contributed by atoms with Crippen LogP contribution < -0.4 is 16.4 Å². The monoisotopic (exact) mass is 327 g/mol. The molecule has 0 fully saturated rings. The molecular formula is C13H18BrN3O2. The maximum atomic E-state index is 11.8. The minimum atomic E-state index is -0.509. The Bertz CT molecular complexity index is 463. The number of carbonyl (C=O) groups is 2. The molecule has 1 atom stereocenters. The first-order chi connectivity index (χ1) is 8.91. The molecule has 0 aliphatic carbocycles. The van der Waals surface area contributed by atoms with Crippen LogP contribution in [0.5, 0.6) is 0 Å². The van der Waals surface area contributed by atoms with E-state index in [9.17, 15) is 9.59 Å². The summed E-state index contributed by atoms with van der Waals surface area (Å²) in [6.07, 6.45) is 0. The Kier molecular flexibility index (Phi) is 5.98. The van der Waals surface area contributed by atoms with Crippen molar-refractivity contribution in [3.63, 3.8) is 0 Å². The Morgan fingerprint density at radius 2 is 1.95 bits per heavy atom. The van der Waals surface area contributed by atoms with E-state index in [1.807, 2.05) is 32.0 Å². The van der Waals surface area contributed by atoms with Crippen molar-refractivity contribution < 1.29 is 9.59 Å². The van der Waals surface area contributed by atoms with Gasteiger partial charge in [-0.05, 0) is 34.0 Å². The summed E-state index contributed by atoms with van der Waals surface area (Å²) in [5.41, 5.74) is 5.95. The molecule has 0 saturated carbocycles. The molecule has 1 unspecified atom stereocenters. The Balaban J connectivity index is 2.52. The molecule has 0 saturated heterocycles. The highest BCUT2D eigenvalue weighted by molar-refractivity contribution is 9.10. The molecule has 1 rings (SSSR count). The summed E-state index contributed by atoms with van der Waals surface area (Å²) < 4.78 is 0.804. The fraction of sp³-hybridized carbons (Fsp3) is 0.385. The summed E-state index contributed by atoms with van der Waals surface area (Å²) >= 11 is 3.34. The molecule has 0 spiro atoms. The second kappa shape index (κ2) is 7.25. The van der Waals surface area contributed by atoms with Crippen molar-refractivity contribution in [3.8, 4) is 0 Å². The summed E-state index contributed by atoms with van der Waals surface area (Å²) in [7, 11) is 0. The summed E-state index contributed by atoms with van der Waals surface area (Å²) in [5.74, 6) is -0.642. The molecule has 0 bridgehead atoms. The van der Waals surface area contributed by atoms with Crippen LogP contribution in [0.4, 0.5) is 5.69 Å². The first-order valence-electron chi connectivity index (χ1n) is 5.99. The summed E-state index contributed by atoms with van der Waals surface area (Å²) in [5, 5.41) is 5.60. The predicted octanol–water partition coefficient (Wildman–Crippen LogP) is 1.49. The standard InChI is InChI=1S/C13H18BrN3O2/c1-8(2)12(13(15)19)16-7-11(18)17-10-6-4-3-5-9(10)14/h3-6,8,12,16H,7H2,1-2H3,(H2,15,19)(H,17,18). The highest BCUT2D eigenvalue weighted by Crippen LogP contribution is 2.20. The smallest absolute Gasteiger partial charge is 0.238 e. The minimum Gasteiger partial charge on any atom is -0.368 e. The van der Waals surface area contributed by atoms with Crippen molar-refractivity contribution in [3.05, 3.63) is 28.7 Å². The predicted molar refractivity (Wildman–Crippen MR) is 78.6 cm³/mol. The van der Waals surface area contributed by atoms with E-state index in [-0.39, 0.29) is 18.4 Å². The molecule has 5 nitrogen and oxygen atoms in total. The Labute approximate surface area is 121 Å². The SMILES string of the molecule is CC(C)C(NCC(=O)Nc1ccccc1Br)C(N)=O. The quantitative estimate of drug-likeness (QED) is 0.740. The summed E-state index contributed by atoms with van der Waals surface area (Å²) in [6.45, 7) is 3.77. The lowest BCUT2D eigenvalue weighted by Gasteiger charge is -2.18. The van der Waals surface area contributed by atoms with Gasteiger partial charge in [0, 0.05) is 4.47 Å². The van der Waals surface area contributed by atoms with Crippen molar-refractivity contribution >= 4 is 33.4 Å². The van der Waals surface area contributed by atoms with Crippen molar-refractivity contribution in [2.75, 3.05) is 11.9 Å². The molecule has 0 aromatic heterocycles. The zero-order chi connectivity index (χ0) is 14.4. The molecule has 6 heteroatoms. The van der Waals surface area contributed by atoms with Gasteiger partial charge in [-0.25, -0.2) is 0 Å². The average molecular weight is 328 g/mol. The Morgan fingerprint density at radius 3 is 2.47 bits per heavy atom. The lowest BCUT2D eigenvalue weighted by atomic mass is 10.0. The maximum Gasteiger partial charge on any atom is 0.238 e. The number of primary amides is 1. The second-order valence-electron chi connectivity index (χ2n) is 4.53. The number of carbonyl (C=O) groups excluding carboxylic acids is 2. The fourth-order valence-corrected chi connectivity index (χ4v) is 2.01. The van der Waals surface area contributed by atoms with Crippen molar-refractivity contribution in [2.24, 2.45) is 11.7 Å². The summed E-state index contributed by atoms with van der Waals surface area (Å²) in [6, 6.07) is 6.80. The van der Waals surface area contributed by atoms with Crippen LogP contribution in [0.25, 0.3) is 0 Å². The van der Waals surface area contributed by atoms with Crippen LogP contribution in [0.3, 0.4) is 0 Å². The summed E-state index contributed by atoms with van der Waals surface area (Å²) in [4.78, 5) is 23.0. The second-order valence-corrected chi connectivity index (χ2v) is 5.39. The molecular weight excluding hydrogens is 310 g/mol. The number of rotatable bonds is 6. The molecule has 0 heterocycles. The van der Waals surface area contributed by atoms with Gasteiger partial charge in [0.25, 0.3) is 0 Å². The number of halogens is 1. The zero-order valence-electron chi connectivity index (χ0n) is 10.9. The number of amides is 2. The maximum absolute atomic E-state index is 11.8. The Morgan fingerprint density at radius 1 is 1.32 bits per heavy atom. The number of anilines is 1. The molecule has 1 aromatic carbocycles. The highest BCUT2D eigenvalue weighted by atomic mass is 79.9. The lowest BCUT2D eigenvalue weighted by Crippen LogP contribution is -2.47. The van der Waals surface area contributed by atoms with Gasteiger partial charge in [-0.3, -0.25) is 14.9 Å². The van der Waals surface area contributed by atoms with Gasteiger partial charge < -0.3 is 11.1 Å². The van der Waals surface area contributed by atoms with Gasteiger partial charge in [0.2, 0.25) is 11.8 Å². The van der Waals surface area contributed by atoms with Crippen LogP contribution in [0.1, 0.15) is 13.8 Å². The van der Waals surface area contributed by atoms with Crippen LogP contribution in [0.15, 0.2) is 28.7 Å². The van der Waals surface area contributed by atoms with E-state index in [1.165, 1.54) is 0 Å². The van der Waals surface area contributed by atoms with Gasteiger partial charge in [-0.15, -0.1) is 0 Å². The normalized spacial score (nSPS) is 12.2. The first kappa shape index (κ1) is 15.7. The molecule has 2 amide bonds. The topological polar surface area (TPSA) is 84.2 Å². The molecule has 104 valence electrons. The van der Waals surface area contributed by atoms with E-state index in [0.29, 0.717) is 5.69 Å². The number of para-hydroxylation sites is 1. The fourth-order valence-electron chi connectivity index (χ4n) is 1.62. The number of nitrogens with one attached hydrogen (secondary N) is 2. The molecule has 0 radical (unpaired) electrons. The van der Waals surface area contributed by atoms with Crippen LogP contribution in [0, 0.1) is 5.92 Å². The van der Waals surface area contributed by atoms with E-state index >= 15 is 0 Å². The molecule has 4 N–H and O–H groups in total. The van der Waals surface area contributed by atoms with E-state index < -0.39 is 11.9 Å². The van der Waals surface area contributed by atoms with Gasteiger partial charge in [0.05, 0.1) is 18.3 Å². The molecule has 1 aromatic rings. The van der Waals surface area contributed by atoms with E-state index in [1.54, 1.807) is 6.07 Å². The first-order valence-corrected chi connectivity index (χ1v) is 6.78. The number of hydrogen-bond donors (Lipinski definition) is 3.